The fourth-order valence-electron chi connectivity index (χ4n) is 3.04. The predicted octanol–water partition coefficient (Wildman–Crippen LogP) is 4.19. The molecule has 0 aromatic heterocycles. The molecule has 0 atom stereocenters. The molecule has 162 valence electrons. The molecule has 0 unspecified atom stereocenters. The Morgan fingerprint density at radius 2 is 1.06 bits per heavy atom. The van der Waals surface area contributed by atoms with E-state index in [1.165, 1.54) is 26.4 Å². The Bertz CT molecular complexity index is 1220. The fourth-order valence-corrected chi connectivity index (χ4v) is 3.04. The van der Waals surface area contributed by atoms with Crippen molar-refractivity contribution >= 4 is 11.6 Å². The molecule has 0 aliphatic carbocycles. The molecular formula is C26H22O6. The number of rotatable bonds is 7. The predicted molar refractivity (Wildman–Crippen MR) is 120 cm³/mol. The SMILES string of the molecule is COc1ccc(C#Cc2cccc(C(=O)C(=O)c3ccc(OC)c(OC)c3)c2)cc1OC. The Morgan fingerprint density at radius 1 is 0.562 bits per heavy atom. The zero-order valence-corrected chi connectivity index (χ0v) is 18.2. The van der Waals surface area contributed by atoms with E-state index in [1.54, 1.807) is 56.7 Å². The zero-order valence-electron chi connectivity index (χ0n) is 18.2. The van der Waals surface area contributed by atoms with Crippen LogP contribution in [0.1, 0.15) is 31.8 Å². The van der Waals surface area contributed by atoms with Crippen LogP contribution in [0.3, 0.4) is 0 Å². The van der Waals surface area contributed by atoms with Gasteiger partial charge in [-0.2, -0.15) is 0 Å². The maximum Gasteiger partial charge on any atom is 0.233 e. The van der Waals surface area contributed by atoms with E-state index < -0.39 is 11.6 Å². The average molecular weight is 430 g/mol. The van der Waals surface area contributed by atoms with E-state index in [0.29, 0.717) is 28.6 Å². The molecule has 6 heteroatoms. The summed E-state index contributed by atoms with van der Waals surface area (Å²) in [5, 5.41) is 0. The molecule has 0 N–H and O–H groups in total. The summed E-state index contributed by atoms with van der Waals surface area (Å²) < 4.78 is 20.9. The van der Waals surface area contributed by atoms with Crippen molar-refractivity contribution < 1.29 is 28.5 Å². The summed E-state index contributed by atoms with van der Waals surface area (Å²) >= 11 is 0. The number of hydrogen-bond acceptors (Lipinski definition) is 6. The highest BCUT2D eigenvalue weighted by Crippen LogP contribution is 2.28. The van der Waals surface area contributed by atoms with E-state index >= 15 is 0 Å². The van der Waals surface area contributed by atoms with Gasteiger partial charge < -0.3 is 18.9 Å². The molecule has 0 aliphatic heterocycles. The van der Waals surface area contributed by atoms with Crippen LogP contribution in [0.25, 0.3) is 0 Å². The first-order valence-corrected chi connectivity index (χ1v) is 9.66. The molecule has 3 aromatic rings. The molecular weight excluding hydrogens is 408 g/mol. The number of carbonyl (C=O) groups excluding carboxylic acids is 2. The maximum atomic E-state index is 12.8. The topological polar surface area (TPSA) is 71.1 Å². The van der Waals surface area contributed by atoms with Gasteiger partial charge in [0.25, 0.3) is 0 Å². The minimum absolute atomic E-state index is 0.217. The van der Waals surface area contributed by atoms with E-state index in [2.05, 4.69) is 11.8 Å². The minimum atomic E-state index is -0.643. The highest BCUT2D eigenvalue weighted by molar-refractivity contribution is 6.49. The van der Waals surface area contributed by atoms with Crippen LogP contribution in [0, 0.1) is 11.8 Å². The monoisotopic (exact) mass is 430 g/mol. The van der Waals surface area contributed by atoms with Crippen LogP contribution in [0.2, 0.25) is 0 Å². The van der Waals surface area contributed by atoms with Crippen molar-refractivity contribution in [3.05, 3.63) is 82.9 Å². The number of ketones is 2. The summed E-state index contributed by atoms with van der Waals surface area (Å²) in [6.07, 6.45) is 0. The van der Waals surface area contributed by atoms with Crippen molar-refractivity contribution in [3.63, 3.8) is 0 Å². The number of ether oxygens (including phenoxy) is 4. The number of Topliss-reactive ketones (excluding diaryl/α,β-unsaturated/α-hetero) is 2. The average Bonchev–Trinajstić information content (AvgIpc) is 2.85. The van der Waals surface area contributed by atoms with Crippen LogP contribution in [-0.4, -0.2) is 40.0 Å². The second-order valence-electron chi connectivity index (χ2n) is 6.63. The Balaban J connectivity index is 1.84. The molecule has 0 radical (unpaired) electrons. The molecule has 3 rings (SSSR count). The Labute approximate surface area is 186 Å². The molecule has 0 saturated heterocycles. The first kappa shape index (κ1) is 22.4. The number of hydrogen-bond donors (Lipinski definition) is 0. The van der Waals surface area contributed by atoms with Crippen molar-refractivity contribution in [3.8, 4) is 34.8 Å². The van der Waals surface area contributed by atoms with Crippen molar-refractivity contribution in [2.24, 2.45) is 0 Å². The lowest BCUT2D eigenvalue weighted by Gasteiger charge is -2.09. The van der Waals surface area contributed by atoms with E-state index in [-0.39, 0.29) is 11.1 Å². The third kappa shape index (κ3) is 4.90. The Morgan fingerprint density at radius 3 is 1.66 bits per heavy atom. The summed E-state index contributed by atoms with van der Waals surface area (Å²) in [5.41, 5.74) is 1.80. The summed E-state index contributed by atoms with van der Waals surface area (Å²) in [7, 11) is 6.09. The highest BCUT2D eigenvalue weighted by atomic mass is 16.5. The Kier molecular flexibility index (Phi) is 7.14. The number of carbonyl (C=O) groups is 2. The zero-order chi connectivity index (χ0) is 23.1. The summed E-state index contributed by atoms with van der Waals surface area (Å²) in [4.78, 5) is 25.5. The second kappa shape index (κ2) is 10.2. The molecule has 6 nitrogen and oxygen atoms in total. The lowest BCUT2D eigenvalue weighted by molar-refractivity contribution is 0.0816. The highest BCUT2D eigenvalue weighted by Gasteiger charge is 2.20. The first-order valence-electron chi connectivity index (χ1n) is 9.66. The molecule has 0 spiro atoms. The van der Waals surface area contributed by atoms with Crippen LogP contribution in [0.4, 0.5) is 0 Å². The molecule has 32 heavy (non-hydrogen) atoms. The lowest BCUT2D eigenvalue weighted by atomic mass is 9.99. The smallest absolute Gasteiger partial charge is 0.233 e. The van der Waals surface area contributed by atoms with Gasteiger partial charge >= 0.3 is 0 Å². The van der Waals surface area contributed by atoms with Gasteiger partial charge in [-0.25, -0.2) is 0 Å². The van der Waals surface area contributed by atoms with Crippen LogP contribution in [0.5, 0.6) is 23.0 Å². The van der Waals surface area contributed by atoms with Crippen molar-refractivity contribution in [2.45, 2.75) is 0 Å². The van der Waals surface area contributed by atoms with Crippen LogP contribution >= 0.6 is 0 Å². The maximum absolute atomic E-state index is 12.8. The van der Waals surface area contributed by atoms with Crippen molar-refractivity contribution in [1.82, 2.24) is 0 Å². The van der Waals surface area contributed by atoms with E-state index in [4.69, 9.17) is 18.9 Å². The second-order valence-corrected chi connectivity index (χ2v) is 6.63. The quantitative estimate of drug-likeness (QED) is 0.318. The molecule has 3 aromatic carbocycles. The third-order valence-corrected chi connectivity index (χ3v) is 4.71. The first-order chi connectivity index (χ1) is 15.5. The molecule has 0 fully saturated rings. The number of benzene rings is 3. The van der Waals surface area contributed by atoms with Gasteiger partial charge in [0.15, 0.2) is 23.0 Å². The van der Waals surface area contributed by atoms with E-state index in [1.807, 2.05) is 6.07 Å². The molecule has 0 amide bonds. The normalized spacial score (nSPS) is 9.88. The third-order valence-electron chi connectivity index (χ3n) is 4.71. The van der Waals surface area contributed by atoms with E-state index in [0.717, 1.165) is 5.56 Å². The van der Waals surface area contributed by atoms with Gasteiger partial charge in [-0.15, -0.1) is 0 Å². The number of methoxy groups -OCH3 is 4. The van der Waals surface area contributed by atoms with Gasteiger partial charge in [0.2, 0.25) is 11.6 Å². The summed E-state index contributed by atoms with van der Waals surface area (Å²) in [5.74, 6) is 6.80. The fraction of sp³-hybridized carbons (Fsp3) is 0.154. The minimum Gasteiger partial charge on any atom is -0.493 e. The van der Waals surface area contributed by atoms with Gasteiger partial charge in [0.05, 0.1) is 28.4 Å². The van der Waals surface area contributed by atoms with Crippen molar-refractivity contribution in [1.29, 1.82) is 0 Å². The summed E-state index contributed by atoms with van der Waals surface area (Å²) in [6.45, 7) is 0. The molecule has 0 bridgehead atoms. The van der Waals surface area contributed by atoms with Gasteiger partial charge in [-0.1, -0.05) is 24.0 Å². The Hall–Kier alpha value is -4.24. The lowest BCUT2D eigenvalue weighted by Crippen LogP contribution is -2.14. The molecule has 0 saturated carbocycles. The summed E-state index contributed by atoms with van der Waals surface area (Å²) in [6, 6.07) is 16.6. The molecule has 0 aliphatic rings. The van der Waals surface area contributed by atoms with Gasteiger partial charge in [-0.3, -0.25) is 9.59 Å². The molecule has 0 heterocycles. The van der Waals surface area contributed by atoms with E-state index in [9.17, 15) is 9.59 Å². The van der Waals surface area contributed by atoms with Crippen LogP contribution in [-0.2, 0) is 0 Å². The van der Waals surface area contributed by atoms with Gasteiger partial charge in [0.1, 0.15) is 0 Å². The van der Waals surface area contributed by atoms with Crippen LogP contribution in [0.15, 0.2) is 60.7 Å². The largest absolute Gasteiger partial charge is 0.493 e. The van der Waals surface area contributed by atoms with Crippen LogP contribution < -0.4 is 18.9 Å². The standard InChI is InChI=1S/C26H22O6/c1-29-21-12-10-18(15-23(21)31-3)9-8-17-6-5-7-19(14-17)25(27)26(28)20-11-13-22(30-2)24(16-20)32-4/h5-7,10-16H,1-4H3. The van der Waals surface area contributed by atoms with Gasteiger partial charge in [0, 0.05) is 22.3 Å². The van der Waals surface area contributed by atoms with Crippen molar-refractivity contribution in [2.75, 3.05) is 28.4 Å². The van der Waals surface area contributed by atoms with Gasteiger partial charge in [-0.05, 0) is 48.5 Å².